The molecule has 0 bridgehead atoms. The van der Waals surface area contributed by atoms with Crippen molar-refractivity contribution in [1.29, 1.82) is 0 Å². The molecule has 2 aromatic rings. The lowest BCUT2D eigenvalue weighted by Gasteiger charge is -2.02. The van der Waals surface area contributed by atoms with E-state index in [1.807, 2.05) is 37.4 Å². The Hall–Kier alpha value is -1.90. The van der Waals surface area contributed by atoms with Gasteiger partial charge in [-0.2, -0.15) is 4.39 Å². The van der Waals surface area contributed by atoms with Gasteiger partial charge in [-0.15, -0.1) is 0 Å². The first-order valence-electron chi connectivity index (χ1n) is 5.24. The summed E-state index contributed by atoms with van der Waals surface area (Å²) in [4.78, 5) is 6.96. The summed E-state index contributed by atoms with van der Waals surface area (Å²) in [5.41, 5.74) is 3.52. The topological polar surface area (TPSA) is 28.1 Å². The Labute approximate surface area is 92.5 Å². The molecule has 0 saturated heterocycles. The van der Waals surface area contributed by atoms with Gasteiger partial charge in [-0.1, -0.05) is 6.07 Å². The monoisotopic (exact) mass is 214 g/mol. The molecule has 2 nitrogen and oxygen atoms in total. The maximum atomic E-state index is 13.5. The summed E-state index contributed by atoms with van der Waals surface area (Å²) in [6.45, 7) is 1.85. The largest absolute Gasteiger partial charge is 0.361 e. The van der Waals surface area contributed by atoms with Gasteiger partial charge < -0.3 is 4.98 Å². The van der Waals surface area contributed by atoms with E-state index < -0.39 is 0 Å². The van der Waals surface area contributed by atoms with E-state index in [9.17, 15) is 4.39 Å². The summed E-state index contributed by atoms with van der Waals surface area (Å²) in [5.74, 6) is -0.340. The minimum absolute atomic E-state index is 0.340. The Morgan fingerprint density at radius 3 is 2.94 bits per heavy atom. The molecule has 0 fully saturated rings. The minimum Gasteiger partial charge on any atom is -0.361 e. The van der Waals surface area contributed by atoms with Gasteiger partial charge in [-0.3, -0.25) is 0 Å². The maximum absolute atomic E-state index is 13.5. The van der Waals surface area contributed by atoms with Crippen LogP contribution < -0.4 is 0 Å². The Bertz CT molecular complexity index is 620. The number of hydrogen-bond acceptors (Lipinski definition) is 1. The van der Waals surface area contributed by atoms with Crippen molar-refractivity contribution in [2.24, 2.45) is 4.99 Å². The highest BCUT2D eigenvalue weighted by Crippen LogP contribution is 2.31. The van der Waals surface area contributed by atoms with Crippen LogP contribution in [0.4, 0.5) is 4.39 Å². The number of aromatic nitrogens is 1. The fourth-order valence-corrected chi connectivity index (χ4v) is 2.07. The number of halogens is 1. The number of rotatable bonds is 1. The van der Waals surface area contributed by atoms with Gasteiger partial charge >= 0.3 is 0 Å². The van der Waals surface area contributed by atoms with E-state index >= 15 is 0 Å². The van der Waals surface area contributed by atoms with Crippen molar-refractivity contribution >= 4 is 22.2 Å². The van der Waals surface area contributed by atoms with E-state index in [-0.39, 0.29) is 5.95 Å². The highest BCUT2D eigenvalue weighted by molar-refractivity contribution is 5.98. The highest BCUT2D eigenvalue weighted by Gasteiger charge is 2.16. The van der Waals surface area contributed by atoms with Gasteiger partial charge in [0.15, 0.2) is 0 Å². The zero-order valence-electron chi connectivity index (χ0n) is 8.92. The van der Waals surface area contributed by atoms with E-state index in [2.05, 4.69) is 9.98 Å². The van der Waals surface area contributed by atoms with Crippen molar-refractivity contribution in [3.63, 3.8) is 0 Å². The number of benzene rings is 1. The average Bonchev–Trinajstić information content (AvgIpc) is 2.83. The number of aliphatic imine (C=N–C) groups is 1. The Balaban J connectivity index is 2.10. The SMILES string of the molecule is CC1=NC(F)=C(c2ccc3[nH]ccc3c2)C1. The van der Waals surface area contributed by atoms with Crippen LogP contribution in [0.2, 0.25) is 0 Å². The Morgan fingerprint density at radius 1 is 1.31 bits per heavy atom. The molecule has 1 aromatic carbocycles. The van der Waals surface area contributed by atoms with Crippen molar-refractivity contribution in [1.82, 2.24) is 4.98 Å². The van der Waals surface area contributed by atoms with Crippen molar-refractivity contribution in [2.45, 2.75) is 13.3 Å². The second-order valence-corrected chi connectivity index (χ2v) is 4.07. The third-order valence-electron chi connectivity index (χ3n) is 2.87. The summed E-state index contributed by atoms with van der Waals surface area (Å²) in [5, 5.41) is 1.10. The van der Waals surface area contributed by atoms with Crippen LogP contribution in [-0.4, -0.2) is 10.7 Å². The fourth-order valence-electron chi connectivity index (χ4n) is 2.07. The molecule has 0 unspecified atom stereocenters. The van der Waals surface area contributed by atoms with E-state index in [1.165, 1.54) is 0 Å². The molecule has 80 valence electrons. The van der Waals surface area contributed by atoms with Gasteiger partial charge in [0.05, 0.1) is 0 Å². The standard InChI is InChI=1S/C13H11FN2/c1-8-6-11(13(14)16-8)9-2-3-12-10(7-9)4-5-15-12/h2-5,7,15H,6H2,1H3. The molecule has 0 spiro atoms. The molecule has 0 saturated carbocycles. The molecule has 0 amide bonds. The fraction of sp³-hybridized carbons (Fsp3) is 0.154. The number of nitrogens with one attached hydrogen (secondary N) is 1. The lowest BCUT2D eigenvalue weighted by atomic mass is 10.0. The van der Waals surface area contributed by atoms with Gasteiger partial charge in [0, 0.05) is 29.4 Å². The molecular weight excluding hydrogens is 203 g/mol. The second kappa shape index (κ2) is 3.30. The normalized spacial score (nSPS) is 16.0. The summed E-state index contributed by atoms with van der Waals surface area (Å²) >= 11 is 0. The van der Waals surface area contributed by atoms with E-state index in [0.29, 0.717) is 12.0 Å². The van der Waals surface area contributed by atoms with Crippen molar-refractivity contribution < 1.29 is 4.39 Å². The van der Waals surface area contributed by atoms with Gasteiger partial charge in [0.25, 0.3) is 0 Å². The lowest BCUT2D eigenvalue weighted by molar-refractivity contribution is 0.635. The molecule has 3 heteroatoms. The van der Waals surface area contributed by atoms with Gasteiger partial charge in [0.1, 0.15) is 0 Å². The first-order valence-corrected chi connectivity index (χ1v) is 5.24. The van der Waals surface area contributed by atoms with Crippen LogP contribution in [-0.2, 0) is 0 Å². The highest BCUT2D eigenvalue weighted by atomic mass is 19.1. The van der Waals surface area contributed by atoms with E-state index in [1.54, 1.807) is 0 Å². The average molecular weight is 214 g/mol. The predicted octanol–water partition coefficient (Wildman–Crippen LogP) is 3.67. The van der Waals surface area contributed by atoms with E-state index in [0.717, 1.165) is 22.2 Å². The van der Waals surface area contributed by atoms with Crippen molar-refractivity contribution in [3.05, 3.63) is 42.0 Å². The molecule has 1 aliphatic heterocycles. The van der Waals surface area contributed by atoms with Crippen LogP contribution in [0.25, 0.3) is 16.5 Å². The smallest absolute Gasteiger partial charge is 0.216 e. The number of aromatic amines is 1. The van der Waals surface area contributed by atoms with Gasteiger partial charge in [-0.25, -0.2) is 4.99 Å². The molecule has 1 aromatic heterocycles. The van der Waals surface area contributed by atoms with Gasteiger partial charge in [0.2, 0.25) is 5.95 Å². The second-order valence-electron chi connectivity index (χ2n) is 4.07. The summed E-state index contributed by atoms with van der Waals surface area (Å²) in [6.07, 6.45) is 2.50. The number of allylic oxidation sites excluding steroid dienone is 1. The quantitative estimate of drug-likeness (QED) is 0.701. The molecule has 1 aliphatic rings. The number of H-pyrrole nitrogens is 1. The molecule has 16 heavy (non-hydrogen) atoms. The van der Waals surface area contributed by atoms with Crippen LogP contribution in [0, 0.1) is 0 Å². The Kier molecular flexibility index (Phi) is 1.93. The summed E-state index contributed by atoms with van der Waals surface area (Å²) in [6, 6.07) is 7.88. The molecule has 2 heterocycles. The van der Waals surface area contributed by atoms with E-state index in [4.69, 9.17) is 0 Å². The summed E-state index contributed by atoms with van der Waals surface area (Å²) < 4.78 is 13.5. The van der Waals surface area contributed by atoms with Crippen LogP contribution in [0.5, 0.6) is 0 Å². The lowest BCUT2D eigenvalue weighted by Crippen LogP contribution is -1.88. The van der Waals surface area contributed by atoms with Crippen molar-refractivity contribution in [2.75, 3.05) is 0 Å². The van der Waals surface area contributed by atoms with Crippen molar-refractivity contribution in [3.8, 4) is 0 Å². The van der Waals surface area contributed by atoms with Crippen LogP contribution in [0.1, 0.15) is 18.9 Å². The Morgan fingerprint density at radius 2 is 2.19 bits per heavy atom. The van der Waals surface area contributed by atoms with Gasteiger partial charge in [-0.05, 0) is 36.1 Å². The number of nitrogens with zero attached hydrogens (tertiary/aromatic N) is 1. The first kappa shape index (κ1) is 9.33. The molecule has 0 atom stereocenters. The van der Waals surface area contributed by atoms with Crippen LogP contribution >= 0.6 is 0 Å². The molecule has 3 rings (SSSR count). The third kappa shape index (κ3) is 1.36. The third-order valence-corrected chi connectivity index (χ3v) is 2.87. The maximum Gasteiger partial charge on any atom is 0.216 e. The molecular formula is C13H11FN2. The zero-order valence-corrected chi connectivity index (χ0v) is 8.92. The predicted molar refractivity (Wildman–Crippen MR) is 64.1 cm³/mol. The first-order chi connectivity index (χ1) is 7.74. The van der Waals surface area contributed by atoms with Crippen LogP contribution in [0.15, 0.2) is 41.4 Å². The van der Waals surface area contributed by atoms with Crippen LogP contribution in [0.3, 0.4) is 0 Å². The molecule has 1 N–H and O–H groups in total. The number of hydrogen-bond donors (Lipinski definition) is 1. The minimum atomic E-state index is -0.340. The molecule has 0 aliphatic carbocycles. The molecule has 0 radical (unpaired) electrons. The zero-order chi connectivity index (χ0) is 11.1. The number of fused-ring (bicyclic) bond motifs is 1. The summed E-state index contributed by atoms with van der Waals surface area (Å²) in [7, 11) is 0.